The van der Waals surface area contributed by atoms with Crippen molar-refractivity contribution in [3.05, 3.63) is 58.3 Å². The molecule has 42 heavy (non-hydrogen) atoms. The van der Waals surface area contributed by atoms with Crippen LogP contribution in [0.4, 0.5) is 13.2 Å². The molecule has 12 nitrogen and oxygen atoms in total. The molecule has 1 N–H and O–H groups in total. The Labute approximate surface area is 236 Å². The third-order valence-corrected chi connectivity index (χ3v) is 7.09. The van der Waals surface area contributed by atoms with Gasteiger partial charge in [-0.3, -0.25) is 4.79 Å². The predicted octanol–water partition coefficient (Wildman–Crippen LogP) is 4.03. The van der Waals surface area contributed by atoms with Gasteiger partial charge in [0.15, 0.2) is 5.54 Å². The summed E-state index contributed by atoms with van der Waals surface area (Å²) in [5, 5.41) is 14.2. The largest absolute Gasteiger partial charge is 0.496 e. The van der Waals surface area contributed by atoms with Crippen LogP contribution < -0.4 is 10.3 Å². The summed E-state index contributed by atoms with van der Waals surface area (Å²) >= 11 is 0. The second-order valence-electron chi connectivity index (χ2n) is 10.2. The Kier molecular flexibility index (Phi) is 7.81. The first-order valence-electron chi connectivity index (χ1n) is 13.0. The fraction of sp³-hybridized carbons (Fsp3) is 0.444. The Bertz CT molecular complexity index is 1640. The van der Waals surface area contributed by atoms with Crippen molar-refractivity contribution in [2.24, 2.45) is 0 Å². The van der Waals surface area contributed by atoms with Gasteiger partial charge in [0.2, 0.25) is 5.82 Å². The molecule has 5 rings (SSSR count). The number of methoxy groups -OCH3 is 1. The van der Waals surface area contributed by atoms with Gasteiger partial charge in [0.25, 0.3) is 11.4 Å². The molecule has 1 aromatic carbocycles. The van der Waals surface area contributed by atoms with Crippen molar-refractivity contribution in [3.63, 3.8) is 0 Å². The van der Waals surface area contributed by atoms with Gasteiger partial charge in [-0.2, -0.15) is 5.10 Å². The lowest BCUT2D eigenvalue weighted by Crippen LogP contribution is -2.45. The van der Waals surface area contributed by atoms with Crippen LogP contribution in [0.2, 0.25) is 0 Å². The minimum atomic E-state index is -5.15. The summed E-state index contributed by atoms with van der Waals surface area (Å²) in [7, 11) is 1.48. The van der Waals surface area contributed by atoms with Crippen LogP contribution in [0.5, 0.6) is 5.75 Å². The summed E-state index contributed by atoms with van der Waals surface area (Å²) in [6.07, 6.45) is -3.03. The van der Waals surface area contributed by atoms with E-state index in [0.717, 1.165) is 12.5 Å². The van der Waals surface area contributed by atoms with Gasteiger partial charge in [-0.25, -0.2) is 24.0 Å². The van der Waals surface area contributed by atoms with E-state index in [-0.39, 0.29) is 22.8 Å². The van der Waals surface area contributed by atoms with E-state index < -0.39 is 52.2 Å². The number of fused-ring (bicyclic) bond motifs is 1. The maximum absolute atomic E-state index is 14.6. The minimum Gasteiger partial charge on any atom is -0.496 e. The molecule has 1 fully saturated rings. The zero-order chi connectivity index (χ0) is 30.2. The molecule has 0 unspecified atom stereocenters. The van der Waals surface area contributed by atoms with Crippen LogP contribution in [-0.2, 0) is 32.5 Å². The molecule has 0 spiro atoms. The molecule has 0 aliphatic carbocycles. The number of hydrogen-bond donors (Lipinski definition) is 1. The van der Waals surface area contributed by atoms with Crippen molar-refractivity contribution >= 4 is 17.0 Å². The molecular weight excluding hydrogens is 563 g/mol. The van der Waals surface area contributed by atoms with Gasteiger partial charge in [0.1, 0.15) is 23.0 Å². The number of carboxylic acids is 1. The van der Waals surface area contributed by atoms with Gasteiger partial charge < -0.3 is 23.7 Å². The van der Waals surface area contributed by atoms with Crippen LogP contribution in [0.25, 0.3) is 22.7 Å². The molecule has 0 radical (unpaired) electrons. The third-order valence-electron chi connectivity index (χ3n) is 7.09. The van der Waals surface area contributed by atoms with Crippen LogP contribution in [0.3, 0.4) is 0 Å². The second-order valence-corrected chi connectivity index (χ2v) is 10.2. The van der Waals surface area contributed by atoms with Crippen LogP contribution in [0.15, 0.2) is 45.9 Å². The summed E-state index contributed by atoms with van der Waals surface area (Å²) in [5.74, 6) is -2.29. The van der Waals surface area contributed by atoms with Gasteiger partial charge in [0, 0.05) is 25.2 Å². The number of aromatic nitrogens is 5. The number of para-hydroxylation sites is 1. The third kappa shape index (κ3) is 5.36. The molecule has 4 heterocycles. The molecule has 15 heteroatoms. The van der Waals surface area contributed by atoms with Crippen LogP contribution >= 0.6 is 0 Å². The standard InChI is InChI=1S/C27H28F3N5O7/c1-26(2,25(37)38)35-24(36)21-20(32-22(23-31-10-13-41-23)34(21)27(28,29)30)17(33-35)14-19(42-15-8-11-40-12-9-15)16-6-4-5-7-18(16)39-3/h4-7,10,13,15,19H,8-9,11-12,14H2,1-3H3,(H,37,38)/t19-/m0/s1. The number of imidazole rings is 1. The van der Waals surface area contributed by atoms with Crippen molar-refractivity contribution in [2.75, 3.05) is 20.3 Å². The normalized spacial score (nSPS) is 15.7. The quantitative estimate of drug-likeness (QED) is 0.303. The SMILES string of the molecule is COc1ccccc1[C@H](Cc1nn(C(C)(C)C(=O)O)c(=O)c2c1nc(-c1ncco1)n2C(F)(F)F)OC1CCOCC1. The van der Waals surface area contributed by atoms with Crippen molar-refractivity contribution in [3.8, 4) is 17.5 Å². The number of carbonyl (C=O) groups is 1. The maximum atomic E-state index is 14.6. The van der Waals surface area contributed by atoms with Crippen LogP contribution in [0, 0.1) is 0 Å². The topological polar surface area (TPSA) is 144 Å². The Morgan fingerprint density at radius 1 is 1.21 bits per heavy atom. The highest BCUT2D eigenvalue weighted by atomic mass is 19.4. The molecule has 0 amide bonds. The van der Waals surface area contributed by atoms with Crippen molar-refractivity contribution < 1.29 is 41.7 Å². The van der Waals surface area contributed by atoms with Gasteiger partial charge in [-0.15, -0.1) is 13.2 Å². The summed E-state index contributed by atoms with van der Waals surface area (Å²) < 4.78 is 66.5. The lowest BCUT2D eigenvalue weighted by atomic mass is 10.0. The summed E-state index contributed by atoms with van der Waals surface area (Å²) in [4.78, 5) is 33.7. The van der Waals surface area contributed by atoms with Crippen molar-refractivity contribution in [1.82, 2.24) is 24.3 Å². The molecule has 1 aliphatic rings. The summed E-state index contributed by atoms with van der Waals surface area (Å²) in [6.45, 7) is 3.27. The molecule has 3 aromatic heterocycles. The number of benzene rings is 1. The highest BCUT2D eigenvalue weighted by molar-refractivity contribution is 5.82. The average molecular weight is 592 g/mol. The van der Waals surface area contributed by atoms with Crippen molar-refractivity contribution in [1.29, 1.82) is 0 Å². The first kappa shape index (κ1) is 29.3. The van der Waals surface area contributed by atoms with E-state index in [1.807, 2.05) is 0 Å². The number of nitrogens with zero attached hydrogens (tertiary/aromatic N) is 5. The molecule has 224 valence electrons. The molecule has 4 aromatic rings. The zero-order valence-electron chi connectivity index (χ0n) is 22.9. The molecule has 0 saturated carbocycles. The van der Waals surface area contributed by atoms with E-state index in [9.17, 15) is 27.9 Å². The number of aliphatic carboxylic acids is 1. The van der Waals surface area contributed by atoms with E-state index in [2.05, 4.69) is 15.1 Å². The van der Waals surface area contributed by atoms with E-state index in [0.29, 0.717) is 42.1 Å². The number of halogens is 3. The lowest BCUT2D eigenvalue weighted by molar-refractivity contribution is -0.200. The zero-order valence-corrected chi connectivity index (χ0v) is 22.9. The highest BCUT2D eigenvalue weighted by Gasteiger charge is 2.42. The maximum Gasteiger partial charge on any atom is 0.490 e. The van der Waals surface area contributed by atoms with Crippen molar-refractivity contribution in [2.45, 2.75) is 57.2 Å². The Morgan fingerprint density at radius 2 is 1.93 bits per heavy atom. The van der Waals surface area contributed by atoms with E-state index in [4.69, 9.17) is 18.6 Å². The smallest absolute Gasteiger partial charge is 0.490 e. The predicted molar refractivity (Wildman–Crippen MR) is 140 cm³/mol. The van der Waals surface area contributed by atoms with Crippen LogP contribution in [-0.4, -0.2) is 61.8 Å². The van der Waals surface area contributed by atoms with Gasteiger partial charge in [-0.1, -0.05) is 18.2 Å². The fourth-order valence-electron chi connectivity index (χ4n) is 4.85. The Morgan fingerprint density at radius 3 is 2.55 bits per heavy atom. The Hall–Kier alpha value is -4.24. The first-order chi connectivity index (χ1) is 19.9. The number of alkyl halides is 3. The molecule has 1 atom stereocenters. The molecular formula is C27H28F3N5O7. The molecule has 1 aliphatic heterocycles. The monoisotopic (exact) mass is 591 g/mol. The second kappa shape index (κ2) is 11.2. The minimum absolute atomic E-state index is 0.0994. The van der Waals surface area contributed by atoms with Crippen LogP contribution in [0.1, 0.15) is 44.1 Å². The molecule has 1 saturated heterocycles. The summed E-state index contributed by atoms with van der Waals surface area (Å²) in [5.41, 5.74) is -4.15. The number of oxazole rings is 1. The lowest BCUT2D eigenvalue weighted by Gasteiger charge is -2.29. The number of hydrogen-bond acceptors (Lipinski definition) is 9. The average Bonchev–Trinajstić information content (AvgIpc) is 3.63. The van der Waals surface area contributed by atoms with Gasteiger partial charge in [0.05, 0.1) is 31.2 Å². The highest BCUT2D eigenvalue weighted by Crippen LogP contribution is 2.37. The fourth-order valence-corrected chi connectivity index (χ4v) is 4.85. The number of rotatable bonds is 9. The van der Waals surface area contributed by atoms with Gasteiger partial charge in [-0.05, 0) is 32.8 Å². The number of carboxylic acid groups (broad SMARTS) is 1. The van der Waals surface area contributed by atoms with Gasteiger partial charge >= 0.3 is 12.3 Å². The Balaban J connectivity index is 1.78. The number of ether oxygens (including phenoxy) is 3. The van der Waals surface area contributed by atoms with E-state index >= 15 is 0 Å². The molecule has 0 bridgehead atoms. The van der Waals surface area contributed by atoms with E-state index in [1.54, 1.807) is 24.3 Å². The summed E-state index contributed by atoms with van der Waals surface area (Å²) in [6, 6.07) is 6.98. The van der Waals surface area contributed by atoms with E-state index in [1.165, 1.54) is 21.0 Å². The first-order valence-corrected chi connectivity index (χ1v) is 13.0.